The molecule has 0 radical (unpaired) electrons. The molecule has 1 N–H and O–H groups in total. The van der Waals surface area contributed by atoms with Crippen LogP contribution in [0.3, 0.4) is 0 Å². The molecule has 1 saturated heterocycles. The molecule has 1 amide bonds. The minimum absolute atomic E-state index is 0.0934. The van der Waals surface area contributed by atoms with Crippen molar-refractivity contribution in [2.45, 2.75) is 69.5 Å². The van der Waals surface area contributed by atoms with Crippen LogP contribution in [0, 0.1) is 24.2 Å². The van der Waals surface area contributed by atoms with Crippen molar-refractivity contribution >= 4 is 11.9 Å². The first-order valence-corrected chi connectivity index (χ1v) is 8.96. The van der Waals surface area contributed by atoms with Gasteiger partial charge in [0.05, 0.1) is 5.92 Å². The zero-order valence-electron chi connectivity index (χ0n) is 14.0. The van der Waals surface area contributed by atoms with Crippen molar-refractivity contribution in [2.24, 2.45) is 22.1 Å². The van der Waals surface area contributed by atoms with Crippen molar-refractivity contribution < 1.29 is 14.7 Å². The fourth-order valence-electron chi connectivity index (χ4n) is 4.39. The van der Waals surface area contributed by atoms with E-state index in [-0.39, 0.29) is 23.8 Å². The van der Waals surface area contributed by atoms with Crippen LogP contribution in [0.1, 0.15) is 57.8 Å². The summed E-state index contributed by atoms with van der Waals surface area (Å²) in [5, 5.41) is 17.6. The maximum absolute atomic E-state index is 12.7. The standard InChI is InChI=1S/C18H25N3O3/c1-2-3-10-18(19-20-18)11-8-16(22)21-12-9-14(17(23)24)13-6-4-5-7-15(13)21/h1,13-15H,3-12H2,(H,23,24). The topological polar surface area (TPSA) is 82.3 Å². The van der Waals surface area contributed by atoms with Crippen molar-refractivity contribution in [2.75, 3.05) is 6.54 Å². The molecule has 0 aromatic rings. The molecule has 3 rings (SSSR count). The lowest BCUT2D eigenvalue weighted by molar-refractivity contribution is -0.153. The lowest BCUT2D eigenvalue weighted by Crippen LogP contribution is -2.54. The number of carbonyl (C=O) groups is 2. The largest absolute Gasteiger partial charge is 0.481 e. The molecule has 2 fully saturated rings. The number of piperidine rings is 1. The lowest BCUT2D eigenvalue weighted by atomic mass is 9.71. The maximum atomic E-state index is 12.7. The van der Waals surface area contributed by atoms with Gasteiger partial charge in [-0.1, -0.05) is 12.8 Å². The van der Waals surface area contributed by atoms with Gasteiger partial charge in [-0.2, -0.15) is 10.2 Å². The summed E-state index contributed by atoms with van der Waals surface area (Å²) in [5.41, 5.74) is -0.423. The highest BCUT2D eigenvalue weighted by molar-refractivity contribution is 5.78. The molecule has 1 saturated carbocycles. The molecular formula is C18H25N3O3. The summed E-state index contributed by atoms with van der Waals surface area (Å²) >= 11 is 0. The third-order valence-electron chi connectivity index (χ3n) is 5.81. The van der Waals surface area contributed by atoms with Gasteiger partial charge in [-0.3, -0.25) is 9.59 Å². The second kappa shape index (κ2) is 6.92. The molecule has 6 heteroatoms. The molecule has 130 valence electrons. The number of aliphatic carboxylic acids is 1. The molecule has 0 aromatic carbocycles. The fourth-order valence-corrected chi connectivity index (χ4v) is 4.39. The molecule has 24 heavy (non-hydrogen) atoms. The van der Waals surface area contributed by atoms with Crippen LogP contribution < -0.4 is 0 Å². The quantitative estimate of drug-likeness (QED) is 0.760. The Hall–Kier alpha value is -1.90. The maximum Gasteiger partial charge on any atom is 0.306 e. The highest BCUT2D eigenvalue weighted by atomic mass is 16.4. The third-order valence-corrected chi connectivity index (χ3v) is 5.81. The SMILES string of the molecule is C#CCCC1(CCC(=O)N2CCC(C(=O)O)C3CCCCC32)N=N1. The summed E-state index contributed by atoms with van der Waals surface area (Å²) in [6.07, 6.45) is 12.2. The Bertz CT molecular complexity index is 575. The van der Waals surface area contributed by atoms with Crippen molar-refractivity contribution in [3.05, 3.63) is 0 Å². The van der Waals surface area contributed by atoms with E-state index >= 15 is 0 Å². The molecular weight excluding hydrogens is 306 g/mol. The minimum Gasteiger partial charge on any atom is -0.481 e. The predicted molar refractivity (Wildman–Crippen MR) is 88.1 cm³/mol. The van der Waals surface area contributed by atoms with Gasteiger partial charge in [0.25, 0.3) is 0 Å². The Labute approximate surface area is 142 Å². The van der Waals surface area contributed by atoms with Crippen LogP contribution >= 0.6 is 0 Å². The van der Waals surface area contributed by atoms with Gasteiger partial charge >= 0.3 is 5.97 Å². The highest BCUT2D eigenvalue weighted by Gasteiger charge is 2.45. The van der Waals surface area contributed by atoms with E-state index in [9.17, 15) is 14.7 Å². The minimum atomic E-state index is -0.706. The average Bonchev–Trinajstić information content (AvgIpc) is 3.37. The van der Waals surface area contributed by atoms with Crippen LogP contribution in [0.5, 0.6) is 0 Å². The monoisotopic (exact) mass is 331 g/mol. The Balaban J connectivity index is 1.58. The van der Waals surface area contributed by atoms with E-state index in [0.717, 1.165) is 25.7 Å². The van der Waals surface area contributed by atoms with Crippen molar-refractivity contribution in [3.8, 4) is 12.3 Å². The Kier molecular flexibility index (Phi) is 4.88. The number of hydrogen-bond acceptors (Lipinski definition) is 4. The molecule has 0 aromatic heterocycles. The lowest BCUT2D eigenvalue weighted by Gasteiger charge is -2.47. The second-order valence-corrected chi connectivity index (χ2v) is 7.22. The van der Waals surface area contributed by atoms with E-state index in [1.54, 1.807) is 0 Å². The highest BCUT2D eigenvalue weighted by Crippen LogP contribution is 2.41. The summed E-state index contributed by atoms with van der Waals surface area (Å²) in [4.78, 5) is 26.2. The van der Waals surface area contributed by atoms with Gasteiger partial charge in [-0.25, -0.2) is 0 Å². The number of carboxylic acids is 1. The number of rotatable bonds is 6. The van der Waals surface area contributed by atoms with E-state index in [1.807, 2.05) is 4.90 Å². The van der Waals surface area contributed by atoms with Crippen molar-refractivity contribution in [1.82, 2.24) is 4.90 Å². The zero-order chi connectivity index (χ0) is 17.2. The molecule has 3 aliphatic rings. The van der Waals surface area contributed by atoms with Crippen LogP contribution in [0.15, 0.2) is 10.2 Å². The zero-order valence-corrected chi connectivity index (χ0v) is 14.0. The summed E-state index contributed by atoms with van der Waals surface area (Å²) in [5.74, 6) is 1.82. The average molecular weight is 331 g/mol. The summed E-state index contributed by atoms with van der Waals surface area (Å²) in [6, 6.07) is 0.0934. The van der Waals surface area contributed by atoms with Crippen molar-refractivity contribution in [3.63, 3.8) is 0 Å². The number of likely N-dealkylation sites (tertiary alicyclic amines) is 1. The van der Waals surface area contributed by atoms with Crippen LogP contribution in [0.2, 0.25) is 0 Å². The normalized spacial score (nSPS) is 30.3. The molecule has 2 heterocycles. The number of terminal acetylenes is 1. The first kappa shape index (κ1) is 16.9. The van der Waals surface area contributed by atoms with Gasteiger partial charge < -0.3 is 10.0 Å². The van der Waals surface area contributed by atoms with E-state index in [2.05, 4.69) is 16.1 Å². The molecule has 3 atom stereocenters. The first-order valence-electron chi connectivity index (χ1n) is 8.96. The van der Waals surface area contributed by atoms with Crippen molar-refractivity contribution in [1.29, 1.82) is 0 Å². The fraction of sp³-hybridized carbons (Fsp3) is 0.778. The number of carbonyl (C=O) groups excluding carboxylic acids is 1. The van der Waals surface area contributed by atoms with Crippen LogP contribution in [0.25, 0.3) is 0 Å². The molecule has 2 aliphatic heterocycles. The summed E-state index contributed by atoms with van der Waals surface area (Å²) < 4.78 is 0. The van der Waals surface area contributed by atoms with Crippen LogP contribution in [0.4, 0.5) is 0 Å². The molecule has 1 aliphatic carbocycles. The van der Waals surface area contributed by atoms with Gasteiger partial charge in [0.15, 0.2) is 5.66 Å². The smallest absolute Gasteiger partial charge is 0.306 e. The summed E-state index contributed by atoms with van der Waals surface area (Å²) in [7, 11) is 0. The predicted octanol–water partition coefficient (Wildman–Crippen LogP) is 2.83. The Morgan fingerprint density at radius 2 is 1.96 bits per heavy atom. The molecule has 0 spiro atoms. The third kappa shape index (κ3) is 3.45. The number of amides is 1. The number of nitrogens with zero attached hydrogens (tertiary/aromatic N) is 3. The molecule has 0 bridgehead atoms. The van der Waals surface area contributed by atoms with Gasteiger partial charge in [0.1, 0.15) is 0 Å². The van der Waals surface area contributed by atoms with Gasteiger partial charge in [-0.05, 0) is 25.2 Å². The summed E-state index contributed by atoms with van der Waals surface area (Å²) in [6.45, 7) is 0.558. The van der Waals surface area contributed by atoms with Gasteiger partial charge in [0.2, 0.25) is 5.91 Å². The van der Waals surface area contributed by atoms with Crippen LogP contribution in [-0.4, -0.2) is 40.1 Å². The Morgan fingerprint density at radius 3 is 2.62 bits per heavy atom. The number of fused-ring (bicyclic) bond motifs is 1. The first-order chi connectivity index (χ1) is 11.6. The molecule has 3 unspecified atom stereocenters. The van der Waals surface area contributed by atoms with Gasteiger partial charge in [-0.15, -0.1) is 12.3 Å². The van der Waals surface area contributed by atoms with E-state index < -0.39 is 11.6 Å². The van der Waals surface area contributed by atoms with Gasteiger partial charge in [0, 0.05) is 38.3 Å². The van der Waals surface area contributed by atoms with E-state index in [4.69, 9.17) is 6.42 Å². The molecule has 6 nitrogen and oxygen atoms in total. The number of hydrogen-bond donors (Lipinski definition) is 1. The van der Waals surface area contributed by atoms with Crippen LogP contribution in [-0.2, 0) is 9.59 Å². The Morgan fingerprint density at radius 1 is 1.21 bits per heavy atom. The number of carboxylic acid groups (broad SMARTS) is 1. The second-order valence-electron chi connectivity index (χ2n) is 7.22. The van der Waals surface area contributed by atoms with E-state index in [1.165, 1.54) is 0 Å². The van der Waals surface area contributed by atoms with E-state index in [0.29, 0.717) is 38.6 Å².